The van der Waals surface area contributed by atoms with Crippen LogP contribution in [0.15, 0.2) is 18.2 Å². The highest BCUT2D eigenvalue weighted by Gasteiger charge is 2.31. The lowest BCUT2D eigenvalue weighted by Crippen LogP contribution is -2.50. The molecule has 1 aromatic carbocycles. The second kappa shape index (κ2) is 8.33. The van der Waals surface area contributed by atoms with Crippen molar-refractivity contribution >= 4 is 39.3 Å². The van der Waals surface area contributed by atoms with Crippen LogP contribution in [0.3, 0.4) is 0 Å². The maximum atomic E-state index is 12.8. The van der Waals surface area contributed by atoms with Gasteiger partial charge in [-0.1, -0.05) is 29.3 Å². The molecule has 0 aromatic heterocycles. The summed E-state index contributed by atoms with van der Waals surface area (Å²) in [6.45, 7) is 5.92. The molecule has 1 aromatic rings. The van der Waals surface area contributed by atoms with Crippen molar-refractivity contribution < 1.29 is 17.9 Å². The SMILES string of the molecule is CC(C)(C)OC(=O)N[C@H]1CCCN(S(=O)(=O)Cc2c(Cl)cccc2Cl)C1. The Morgan fingerprint density at radius 1 is 1.31 bits per heavy atom. The summed E-state index contributed by atoms with van der Waals surface area (Å²) < 4.78 is 32.2. The zero-order chi connectivity index (χ0) is 19.5. The highest BCUT2D eigenvalue weighted by molar-refractivity contribution is 7.88. The topological polar surface area (TPSA) is 75.7 Å². The minimum absolute atomic E-state index is 0.198. The first kappa shape index (κ1) is 21.3. The van der Waals surface area contributed by atoms with Crippen LogP contribution in [-0.4, -0.2) is 43.5 Å². The van der Waals surface area contributed by atoms with Crippen molar-refractivity contribution in [3.8, 4) is 0 Å². The molecule has 0 spiro atoms. The Hall–Kier alpha value is -1.02. The van der Waals surface area contributed by atoms with E-state index in [4.69, 9.17) is 27.9 Å². The minimum atomic E-state index is -3.61. The number of ether oxygens (including phenoxy) is 1. The first-order valence-corrected chi connectivity index (χ1v) is 10.7. The van der Waals surface area contributed by atoms with Crippen LogP contribution in [0.1, 0.15) is 39.2 Å². The van der Waals surface area contributed by atoms with Crippen molar-refractivity contribution in [3.63, 3.8) is 0 Å². The molecule has 0 bridgehead atoms. The Balaban J connectivity index is 2.04. The summed E-state index contributed by atoms with van der Waals surface area (Å²) in [5.41, 5.74) is -0.219. The van der Waals surface area contributed by atoms with Crippen molar-refractivity contribution in [1.82, 2.24) is 9.62 Å². The zero-order valence-corrected chi connectivity index (χ0v) is 17.4. The van der Waals surface area contributed by atoms with Crippen LogP contribution >= 0.6 is 23.2 Å². The molecule has 146 valence electrons. The molecular formula is C17H24Cl2N2O4S. The predicted octanol–water partition coefficient (Wildman–Crippen LogP) is 3.81. The third-order valence-electron chi connectivity index (χ3n) is 3.89. The predicted molar refractivity (Wildman–Crippen MR) is 103 cm³/mol. The van der Waals surface area contributed by atoms with Gasteiger partial charge in [0.05, 0.1) is 5.75 Å². The van der Waals surface area contributed by atoms with Gasteiger partial charge in [0, 0.05) is 34.7 Å². The molecule has 0 aliphatic carbocycles. The van der Waals surface area contributed by atoms with Gasteiger partial charge in [0.15, 0.2) is 0 Å². The lowest BCUT2D eigenvalue weighted by molar-refractivity contribution is 0.0487. The summed E-state index contributed by atoms with van der Waals surface area (Å²) in [4.78, 5) is 11.9. The van der Waals surface area contributed by atoms with Crippen molar-refractivity contribution in [1.29, 1.82) is 0 Å². The van der Waals surface area contributed by atoms with E-state index < -0.39 is 21.7 Å². The van der Waals surface area contributed by atoms with Gasteiger partial charge >= 0.3 is 6.09 Å². The van der Waals surface area contributed by atoms with Gasteiger partial charge in [-0.05, 0) is 45.7 Å². The van der Waals surface area contributed by atoms with Gasteiger partial charge in [0.25, 0.3) is 0 Å². The lowest BCUT2D eigenvalue weighted by atomic mass is 10.1. The number of rotatable bonds is 4. The van der Waals surface area contributed by atoms with Crippen molar-refractivity contribution in [3.05, 3.63) is 33.8 Å². The molecule has 0 unspecified atom stereocenters. The molecule has 1 N–H and O–H groups in total. The fraction of sp³-hybridized carbons (Fsp3) is 0.588. The lowest BCUT2D eigenvalue weighted by Gasteiger charge is -2.33. The van der Waals surface area contributed by atoms with Crippen LogP contribution < -0.4 is 5.32 Å². The fourth-order valence-electron chi connectivity index (χ4n) is 2.73. The number of nitrogens with zero attached hydrogens (tertiary/aromatic N) is 1. The molecule has 2 rings (SSSR count). The fourth-order valence-corrected chi connectivity index (χ4v) is 5.09. The minimum Gasteiger partial charge on any atom is -0.444 e. The van der Waals surface area contributed by atoms with E-state index >= 15 is 0 Å². The van der Waals surface area contributed by atoms with E-state index in [1.807, 2.05) is 0 Å². The standard InChI is InChI=1S/C17H24Cl2N2O4S/c1-17(2,3)25-16(22)20-12-6-5-9-21(10-12)26(23,24)11-13-14(18)7-4-8-15(13)19/h4,7-8,12H,5-6,9-11H2,1-3H3,(H,20,22)/t12-/m0/s1. The van der Waals surface area contributed by atoms with Gasteiger partial charge in [-0.2, -0.15) is 4.31 Å². The van der Waals surface area contributed by atoms with Crippen LogP contribution in [0.4, 0.5) is 4.79 Å². The van der Waals surface area contributed by atoms with E-state index in [1.165, 1.54) is 4.31 Å². The summed E-state index contributed by atoms with van der Waals surface area (Å²) in [6, 6.07) is 4.60. The maximum Gasteiger partial charge on any atom is 0.407 e. The van der Waals surface area contributed by atoms with Gasteiger partial charge in [-0.3, -0.25) is 0 Å². The molecule has 1 amide bonds. The molecule has 6 nitrogen and oxygen atoms in total. The Labute approximate surface area is 164 Å². The number of carbonyl (C=O) groups is 1. The number of sulfonamides is 1. The molecule has 1 heterocycles. The summed E-state index contributed by atoms with van der Waals surface area (Å²) >= 11 is 12.2. The largest absolute Gasteiger partial charge is 0.444 e. The molecule has 1 atom stereocenters. The second-order valence-electron chi connectivity index (χ2n) is 7.30. The molecule has 1 saturated heterocycles. The van der Waals surface area contributed by atoms with Crippen LogP contribution in [0.25, 0.3) is 0 Å². The van der Waals surface area contributed by atoms with Crippen molar-refractivity contribution in [2.45, 2.75) is 51.0 Å². The molecule has 1 aliphatic rings. The summed E-state index contributed by atoms with van der Waals surface area (Å²) in [5, 5.41) is 3.39. The Bertz CT molecular complexity index is 742. The Kier molecular flexibility index (Phi) is 6.82. The molecule has 0 radical (unpaired) electrons. The Morgan fingerprint density at radius 2 is 1.92 bits per heavy atom. The van der Waals surface area contributed by atoms with Gasteiger partial charge in [0.1, 0.15) is 5.60 Å². The average Bonchev–Trinajstić information content (AvgIpc) is 2.49. The average molecular weight is 423 g/mol. The number of benzene rings is 1. The number of hydrogen-bond acceptors (Lipinski definition) is 4. The molecule has 0 saturated carbocycles. The van der Waals surface area contributed by atoms with E-state index in [1.54, 1.807) is 39.0 Å². The number of hydrogen-bond donors (Lipinski definition) is 1. The van der Waals surface area contributed by atoms with E-state index in [-0.39, 0.29) is 18.3 Å². The number of carbonyl (C=O) groups excluding carboxylic acids is 1. The Morgan fingerprint density at radius 3 is 2.50 bits per heavy atom. The molecule has 1 aliphatic heterocycles. The first-order valence-electron chi connectivity index (χ1n) is 8.38. The number of piperidine rings is 1. The normalized spacial score (nSPS) is 19.2. The third-order valence-corrected chi connectivity index (χ3v) is 6.37. The molecule has 9 heteroatoms. The van der Waals surface area contributed by atoms with Crippen LogP contribution in [0, 0.1) is 0 Å². The van der Waals surface area contributed by atoms with E-state index in [2.05, 4.69) is 5.32 Å². The van der Waals surface area contributed by atoms with Gasteiger partial charge in [0.2, 0.25) is 10.0 Å². The number of nitrogens with one attached hydrogen (secondary N) is 1. The van der Waals surface area contributed by atoms with E-state index in [0.717, 1.165) is 0 Å². The second-order valence-corrected chi connectivity index (χ2v) is 10.1. The van der Waals surface area contributed by atoms with Crippen LogP contribution in [0.5, 0.6) is 0 Å². The molecular weight excluding hydrogens is 399 g/mol. The van der Waals surface area contributed by atoms with Crippen LogP contribution in [0.2, 0.25) is 10.0 Å². The molecule has 26 heavy (non-hydrogen) atoms. The highest BCUT2D eigenvalue weighted by Crippen LogP contribution is 2.28. The smallest absolute Gasteiger partial charge is 0.407 e. The molecule has 1 fully saturated rings. The van der Waals surface area contributed by atoms with Crippen LogP contribution in [-0.2, 0) is 20.5 Å². The van der Waals surface area contributed by atoms with E-state index in [9.17, 15) is 13.2 Å². The van der Waals surface area contributed by atoms with Gasteiger partial charge in [-0.15, -0.1) is 0 Å². The number of halogens is 2. The monoisotopic (exact) mass is 422 g/mol. The first-order chi connectivity index (χ1) is 12.0. The van der Waals surface area contributed by atoms with Crippen molar-refractivity contribution in [2.24, 2.45) is 0 Å². The number of alkyl carbamates (subject to hydrolysis) is 1. The van der Waals surface area contributed by atoms with E-state index in [0.29, 0.717) is 35.0 Å². The number of amides is 1. The summed E-state index contributed by atoms with van der Waals surface area (Å²) in [7, 11) is -3.61. The maximum absolute atomic E-state index is 12.8. The third kappa shape index (κ3) is 6.01. The summed E-state index contributed by atoms with van der Waals surface area (Å²) in [5.74, 6) is -0.273. The highest BCUT2D eigenvalue weighted by atomic mass is 35.5. The summed E-state index contributed by atoms with van der Waals surface area (Å²) in [6.07, 6.45) is 0.796. The van der Waals surface area contributed by atoms with Gasteiger partial charge in [-0.25, -0.2) is 13.2 Å². The van der Waals surface area contributed by atoms with Gasteiger partial charge < -0.3 is 10.1 Å². The van der Waals surface area contributed by atoms with Crippen molar-refractivity contribution in [2.75, 3.05) is 13.1 Å². The zero-order valence-electron chi connectivity index (χ0n) is 15.1. The quantitative estimate of drug-likeness (QED) is 0.799.